The molecule has 4 heteroatoms. The molecule has 0 aliphatic carbocycles. The van der Waals surface area contributed by atoms with E-state index in [1.54, 1.807) is 11.3 Å². The second-order valence-corrected chi connectivity index (χ2v) is 6.11. The van der Waals surface area contributed by atoms with Crippen LogP contribution in [0.2, 0.25) is 5.02 Å². The molecule has 0 fully saturated rings. The quantitative estimate of drug-likeness (QED) is 0.671. The molecular weight excluding hydrogens is 288 g/mol. The molecule has 0 saturated carbocycles. The van der Waals surface area contributed by atoms with Gasteiger partial charge < -0.3 is 5.32 Å². The molecule has 0 aliphatic rings. The summed E-state index contributed by atoms with van der Waals surface area (Å²) >= 11 is 7.63. The molecule has 0 atom stereocenters. The summed E-state index contributed by atoms with van der Waals surface area (Å²) in [6.07, 6.45) is 2.19. The van der Waals surface area contributed by atoms with Crippen molar-refractivity contribution in [2.45, 2.75) is 12.8 Å². The lowest BCUT2D eigenvalue weighted by atomic mass is 10.1. The number of aryl methyl sites for hydroxylation is 1. The number of benzene rings is 2. The average Bonchev–Trinajstić information content (AvgIpc) is 2.86. The lowest BCUT2D eigenvalue weighted by Gasteiger charge is -2.02. The molecule has 0 unspecified atom stereocenters. The molecule has 3 aromatic rings. The number of hydrogen-bond acceptors (Lipinski definition) is 3. The molecule has 1 N–H and O–H groups in total. The predicted octanol–water partition coefficient (Wildman–Crippen LogP) is 4.99. The molecular formula is C16H15ClN2S. The van der Waals surface area contributed by atoms with E-state index < -0.39 is 0 Å². The van der Waals surface area contributed by atoms with Gasteiger partial charge in [0.15, 0.2) is 5.13 Å². The minimum Gasteiger partial charge on any atom is -0.361 e. The maximum absolute atomic E-state index is 5.98. The van der Waals surface area contributed by atoms with E-state index in [1.807, 2.05) is 24.3 Å². The van der Waals surface area contributed by atoms with E-state index in [1.165, 1.54) is 5.56 Å². The monoisotopic (exact) mass is 302 g/mol. The van der Waals surface area contributed by atoms with Crippen molar-refractivity contribution < 1.29 is 0 Å². The van der Waals surface area contributed by atoms with Gasteiger partial charge in [0.25, 0.3) is 0 Å². The van der Waals surface area contributed by atoms with Crippen molar-refractivity contribution in [2.24, 2.45) is 0 Å². The zero-order chi connectivity index (χ0) is 13.8. The standard InChI is InChI=1S/C16H15ClN2S/c17-13-8-9-14-15(11-13)20-16(19-14)18-10-4-7-12-5-2-1-3-6-12/h1-3,5-6,8-9,11H,4,7,10H2,(H,18,19). The second-order valence-electron chi connectivity index (χ2n) is 4.65. The van der Waals surface area contributed by atoms with Gasteiger partial charge in [-0.15, -0.1) is 0 Å². The Balaban J connectivity index is 1.55. The minimum absolute atomic E-state index is 0.761. The van der Waals surface area contributed by atoms with Crippen molar-refractivity contribution in [2.75, 3.05) is 11.9 Å². The van der Waals surface area contributed by atoms with E-state index in [2.05, 4.69) is 34.6 Å². The van der Waals surface area contributed by atoms with E-state index in [4.69, 9.17) is 11.6 Å². The van der Waals surface area contributed by atoms with Crippen LogP contribution in [-0.2, 0) is 6.42 Å². The van der Waals surface area contributed by atoms with E-state index in [0.717, 1.165) is 39.8 Å². The smallest absolute Gasteiger partial charge is 0.183 e. The van der Waals surface area contributed by atoms with Crippen LogP contribution in [0.1, 0.15) is 12.0 Å². The Hall–Kier alpha value is -1.58. The van der Waals surface area contributed by atoms with Crippen LogP contribution in [0.3, 0.4) is 0 Å². The second kappa shape index (κ2) is 6.25. The van der Waals surface area contributed by atoms with E-state index >= 15 is 0 Å². The van der Waals surface area contributed by atoms with Crippen LogP contribution in [0.5, 0.6) is 0 Å². The van der Waals surface area contributed by atoms with Gasteiger partial charge in [-0.3, -0.25) is 0 Å². The summed E-state index contributed by atoms with van der Waals surface area (Å²) in [5, 5.41) is 5.12. The third-order valence-corrected chi connectivity index (χ3v) is 4.32. The Morgan fingerprint density at radius 2 is 1.95 bits per heavy atom. The molecule has 0 radical (unpaired) electrons. The van der Waals surface area contributed by atoms with Crippen molar-refractivity contribution >= 4 is 38.3 Å². The van der Waals surface area contributed by atoms with Crippen molar-refractivity contribution in [3.63, 3.8) is 0 Å². The molecule has 0 saturated heterocycles. The highest BCUT2D eigenvalue weighted by Crippen LogP contribution is 2.28. The summed E-state index contributed by atoms with van der Waals surface area (Å²) < 4.78 is 1.13. The van der Waals surface area contributed by atoms with E-state index in [0.29, 0.717) is 0 Å². The molecule has 1 heterocycles. The van der Waals surface area contributed by atoms with E-state index in [-0.39, 0.29) is 0 Å². The van der Waals surface area contributed by atoms with Gasteiger partial charge in [0.05, 0.1) is 10.2 Å². The van der Waals surface area contributed by atoms with Crippen LogP contribution in [0.4, 0.5) is 5.13 Å². The summed E-state index contributed by atoms with van der Waals surface area (Å²) in [5.74, 6) is 0. The van der Waals surface area contributed by atoms with Gasteiger partial charge in [-0.1, -0.05) is 53.3 Å². The number of aromatic nitrogens is 1. The number of nitrogens with one attached hydrogen (secondary N) is 1. The number of hydrogen-bond donors (Lipinski definition) is 1. The maximum atomic E-state index is 5.98. The molecule has 20 heavy (non-hydrogen) atoms. The van der Waals surface area contributed by atoms with Crippen molar-refractivity contribution in [3.8, 4) is 0 Å². The summed E-state index contributed by atoms with van der Waals surface area (Å²) in [5.41, 5.74) is 2.38. The number of nitrogens with zero attached hydrogens (tertiary/aromatic N) is 1. The third-order valence-electron chi connectivity index (χ3n) is 3.11. The number of fused-ring (bicyclic) bond motifs is 1. The first-order valence-corrected chi connectivity index (χ1v) is 7.84. The molecule has 0 aliphatic heterocycles. The van der Waals surface area contributed by atoms with Crippen LogP contribution in [-0.4, -0.2) is 11.5 Å². The maximum Gasteiger partial charge on any atom is 0.183 e. The van der Waals surface area contributed by atoms with Crippen LogP contribution >= 0.6 is 22.9 Å². The molecule has 0 bridgehead atoms. The van der Waals surface area contributed by atoms with Gasteiger partial charge in [-0.2, -0.15) is 0 Å². The minimum atomic E-state index is 0.761. The predicted molar refractivity (Wildman–Crippen MR) is 87.9 cm³/mol. The van der Waals surface area contributed by atoms with Gasteiger partial charge in [0.1, 0.15) is 0 Å². The van der Waals surface area contributed by atoms with Crippen molar-refractivity contribution in [1.82, 2.24) is 4.98 Å². The van der Waals surface area contributed by atoms with Crippen molar-refractivity contribution in [1.29, 1.82) is 0 Å². The van der Waals surface area contributed by atoms with E-state index in [9.17, 15) is 0 Å². The zero-order valence-electron chi connectivity index (χ0n) is 11.0. The molecule has 2 nitrogen and oxygen atoms in total. The fourth-order valence-electron chi connectivity index (χ4n) is 2.11. The number of anilines is 1. The van der Waals surface area contributed by atoms with Crippen LogP contribution in [0, 0.1) is 0 Å². The number of thiazole rings is 1. The largest absolute Gasteiger partial charge is 0.361 e. The highest BCUT2D eigenvalue weighted by atomic mass is 35.5. The van der Waals surface area contributed by atoms with Crippen molar-refractivity contribution in [3.05, 3.63) is 59.1 Å². The normalized spacial score (nSPS) is 10.8. The Labute approximate surface area is 127 Å². The molecule has 0 spiro atoms. The first kappa shape index (κ1) is 13.4. The lowest BCUT2D eigenvalue weighted by molar-refractivity contribution is 0.862. The van der Waals surface area contributed by atoms with Gasteiger partial charge >= 0.3 is 0 Å². The first-order valence-electron chi connectivity index (χ1n) is 6.65. The molecule has 2 aromatic carbocycles. The fraction of sp³-hybridized carbons (Fsp3) is 0.188. The van der Waals surface area contributed by atoms with Gasteiger partial charge in [0.2, 0.25) is 0 Å². The first-order chi connectivity index (χ1) is 9.81. The Bertz CT molecular complexity index is 694. The summed E-state index contributed by atoms with van der Waals surface area (Å²) in [7, 11) is 0. The van der Waals surface area contributed by atoms with Gasteiger partial charge in [-0.05, 0) is 36.6 Å². The zero-order valence-corrected chi connectivity index (χ0v) is 12.5. The van der Waals surface area contributed by atoms with Gasteiger partial charge in [-0.25, -0.2) is 4.98 Å². The highest BCUT2D eigenvalue weighted by molar-refractivity contribution is 7.22. The van der Waals surface area contributed by atoms with Crippen LogP contribution in [0.15, 0.2) is 48.5 Å². The molecule has 1 aromatic heterocycles. The summed E-state index contributed by atoms with van der Waals surface area (Å²) in [4.78, 5) is 4.55. The fourth-order valence-corrected chi connectivity index (χ4v) is 3.27. The average molecular weight is 303 g/mol. The Morgan fingerprint density at radius 1 is 1.10 bits per heavy atom. The lowest BCUT2D eigenvalue weighted by Crippen LogP contribution is -2.02. The topological polar surface area (TPSA) is 24.9 Å². The van der Waals surface area contributed by atoms with Gasteiger partial charge in [0, 0.05) is 11.6 Å². The Morgan fingerprint density at radius 3 is 2.80 bits per heavy atom. The SMILES string of the molecule is Clc1ccc2nc(NCCCc3ccccc3)sc2c1. The summed E-state index contributed by atoms with van der Waals surface area (Å²) in [6, 6.07) is 16.4. The number of halogens is 1. The van der Waals surface area contributed by atoms with Crippen LogP contribution in [0.25, 0.3) is 10.2 Å². The number of rotatable bonds is 5. The summed E-state index contributed by atoms with van der Waals surface area (Å²) in [6.45, 7) is 0.933. The Kier molecular flexibility index (Phi) is 4.19. The van der Waals surface area contributed by atoms with Crippen LogP contribution < -0.4 is 5.32 Å². The highest BCUT2D eigenvalue weighted by Gasteiger charge is 2.03. The molecule has 0 amide bonds. The molecule has 3 rings (SSSR count). The molecule has 102 valence electrons. The third kappa shape index (κ3) is 3.30.